The Morgan fingerprint density at radius 1 is 1.69 bits per heavy atom. The minimum absolute atomic E-state index is 0.406. The topological polar surface area (TPSA) is 59.4 Å². The van der Waals surface area contributed by atoms with E-state index in [1.165, 1.54) is 0 Å². The highest BCUT2D eigenvalue weighted by Crippen LogP contribution is 2.27. The molecule has 2 unspecified atom stereocenters. The Morgan fingerprint density at radius 3 is 2.85 bits per heavy atom. The van der Waals surface area contributed by atoms with Crippen molar-refractivity contribution < 1.29 is 14.0 Å². The van der Waals surface area contributed by atoms with Crippen molar-refractivity contribution in [3.05, 3.63) is 28.5 Å². The van der Waals surface area contributed by atoms with Crippen LogP contribution in [0.1, 0.15) is 18.6 Å². The van der Waals surface area contributed by atoms with Crippen LogP contribution in [0.2, 0.25) is 0 Å². The molecule has 13 heavy (non-hydrogen) atoms. The number of pyridine rings is 1. The number of nitrogens with zero attached hydrogens (tertiary/aromatic N) is 1. The average Bonchev–Trinajstić information content (AvgIpc) is 2.04. The van der Waals surface area contributed by atoms with Crippen molar-refractivity contribution in [3.8, 4) is 0 Å². The van der Waals surface area contributed by atoms with Crippen LogP contribution in [0.4, 0.5) is 0 Å². The third kappa shape index (κ3) is 3.56. The standard InChI is InChI=1S/C7H9BrNO3P/c1-5(12-13(10)11)6-2-3-7(8)9-4-6/h2-5,13H,1H3,(H,10,11). The van der Waals surface area contributed by atoms with Gasteiger partial charge in [-0.05, 0) is 34.5 Å². The maximum Gasteiger partial charge on any atom is 0.317 e. The fraction of sp³-hybridized carbons (Fsp3) is 0.286. The number of hydrogen-bond donors (Lipinski definition) is 1. The van der Waals surface area contributed by atoms with Gasteiger partial charge in [-0.15, -0.1) is 0 Å². The third-order valence-corrected chi connectivity index (χ3v) is 2.52. The van der Waals surface area contributed by atoms with E-state index in [1.807, 2.05) is 0 Å². The lowest BCUT2D eigenvalue weighted by Crippen LogP contribution is -1.94. The molecule has 1 N–H and O–H groups in total. The lowest BCUT2D eigenvalue weighted by atomic mass is 10.2. The van der Waals surface area contributed by atoms with Crippen molar-refractivity contribution in [2.75, 3.05) is 0 Å². The molecule has 0 fully saturated rings. The van der Waals surface area contributed by atoms with Crippen LogP contribution in [0, 0.1) is 0 Å². The minimum Gasteiger partial charge on any atom is -0.326 e. The van der Waals surface area contributed by atoms with Crippen LogP contribution in [0.3, 0.4) is 0 Å². The molecule has 1 aromatic heterocycles. The molecule has 0 aliphatic heterocycles. The maximum atomic E-state index is 10.4. The van der Waals surface area contributed by atoms with Gasteiger partial charge in [0, 0.05) is 6.20 Å². The summed E-state index contributed by atoms with van der Waals surface area (Å²) in [6.45, 7) is 1.70. The molecule has 1 rings (SSSR count). The van der Waals surface area contributed by atoms with Crippen LogP contribution in [0.15, 0.2) is 22.9 Å². The first kappa shape index (κ1) is 10.9. The second kappa shape index (κ2) is 4.86. The summed E-state index contributed by atoms with van der Waals surface area (Å²) in [5.41, 5.74) is 0.774. The number of rotatable bonds is 3. The van der Waals surface area contributed by atoms with Gasteiger partial charge in [0.2, 0.25) is 0 Å². The molecular weight excluding hydrogens is 257 g/mol. The van der Waals surface area contributed by atoms with E-state index >= 15 is 0 Å². The normalized spacial score (nSPS) is 15.3. The van der Waals surface area contributed by atoms with E-state index in [9.17, 15) is 4.57 Å². The quantitative estimate of drug-likeness (QED) is 0.673. The Labute approximate surface area is 85.0 Å². The SMILES string of the molecule is CC(O[PH](=O)O)c1ccc(Br)nc1. The van der Waals surface area contributed by atoms with Crippen LogP contribution >= 0.6 is 24.2 Å². The summed E-state index contributed by atoms with van der Waals surface area (Å²) in [5.74, 6) is 0. The number of halogens is 1. The van der Waals surface area contributed by atoms with Crippen LogP contribution in [0.5, 0.6) is 0 Å². The molecule has 0 spiro atoms. The summed E-state index contributed by atoms with van der Waals surface area (Å²) >= 11 is 3.19. The lowest BCUT2D eigenvalue weighted by molar-refractivity contribution is 0.209. The fourth-order valence-electron chi connectivity index (χ4n) is 0.847. The molecule has 1 heterocycles. The van der Waals surface area contributed by atoms with Crippen LogP contribution < -0.4 is 0 Å². The zero-order chi connectivity index (χ0) is 9.84. The van der Waals surface area contributed by atoms with Crippen molar-refractivity contribution in [2.24, 2.45) is 0 Å². The molecular formula is C7H9BrNO3P. The largest absolute Gasteiger partial charge is 0.326 e. The Morgan fingerprint density at radius 2 is 2.38 bits per heavy atom. The first-order valence-corrected chi connectivity index (χ1v) is 5.66. The summed E-state index contributed by atoms with van der Waals surface area (Å²) in [5, 5.41) is 0. The van der Waals surface area contributed by atoms with E-state index in [-0.39, 0.29) is 0 Å². The van der Waals surface area contributed by atoms with Crippen molar-refractivity contribution in [3.63, 3.8) is 0 Å². The van der Waals surface area contributed by atoms with Crippen molar-refractivity contribution in [2.45, 2.75) is 13.0 Å². The van der Waals surface area contributed by atoms with E-state index in [4.69, 9.17) is 9.42 Å². The van der Waals surface area contributed by atoms with Gasteiger partial charge >= 0.3 is 8.25 Å². The molecule has 72 valence electrons. The van der Waals surface area contributed by atoms with Gasteiger partial charge < -0.3 is 9.42 Å². The lowest BCUT2D eigenvalue weighted by Gasteiger charge is -2.09. The highest BCUT2D eigenvalue weighted by Gasteiger charge is 2.07. The summed E-state index contributed by atoms with van der Waals surface area (Å²) in [4.78, 5) is 12.5. The molecule has 0 saturated heterocycles. The van der Waals surface area contributed by atoms with Gasteiger partial charge in [-0.3, -0.25) is 4.57 Å². The fourth-order valence-corrected chi connectivity index (χ4v) is 1.52. The summed E-state index contributed by atoms with van der Waals surface area (Å²) in [6.07, 6.45) is 1.19. The molecule has 0 bridgehead atoms. The predicted octanol–water partition coefficient (Wildman–Crippen LogP) is 2.30. The second-order valence-corrected chi connectivity index (χ2v) is 4.02. The highest BCUT2D eigenvalue weighted by atomic mass is 79.9. The molecule has 0 radical (unpaired) electrons. The highest BCUT2D eigenvalue weighted by molar-refractivity contribution is 9.10. The minimum atomic E-state index is -2.88. The Balaban J connectivity index is 2.71. The summed E-state index contributed by atoms with van der Waals surface area (Å²) in [7, 11) is -2.88. The Bertz CT molecular complexity index is 303. The van der Waals surface area contributed by atoms with Crippen molar-refractivity contribution in [1.29, 1.82) is 0 Å². The van der Waals surface area contributed by atoms with Crippen LogP contribution in [-0.2, 0) is 9.09 Å². The van der Waals surface area contributed by atoms with E-state index < -0.39 is 14.4 Å². The zero-order valence-corrected chi connectivity index (χ0v) is 9.48. The van der Waals surface area contributed by atoms with Gasteiger partial charge in [0.15, 0.2) is 0 Å². The van der Waals surface area contributed by atoms with Gasteiger partial charge in [0.05, 0.1) is 6.10 Å². The molecule has 1 aromatic rings. The number of hydrogen-bond acceptors (Lipinski definition) is 3. The van der Waals surface area contributed by atoms with Gasteiger partial charge in [-0.25, -0.2) is 4.98 Å². The van der Waals surface area contributed by atoms with Crippen LogP contribution in [0.25, 0.3) is 0 Å². The average molecular weight is 266 g/mol. The van der Waals surface area contributed by atoms with Gasteiger partial charge in [0.25, 0.3) is 0 Å². The molecule has 0 aliphatic rings. The van der Waals surface area contributed by atoms with Crippen molar-refractivity contribution in [1.82, 2.24) is 4.98 Å². The molecule has 0 saturated carbocycles. The zero-order valence-electron chi connectivity index (χ0n) is 6.90. The first-order chi connectivity index (χ1) is 6.09. The molecule has 0 aromatic carbocycles. The Hall–Kier alpha value is -0.220. The van der Waals surface area contributed by atoms with E-state index in [0.29, 0.717) is 0 Å². The monoisotopic (exact) mass is 265 g/mol. The van der Waals surface area contributed by atoms with Gasteiger partial charge in [0.1, 0.15) is 4.60 Å². The van der Waals surface area contributed by atoms with E-state index in [2.05, 4.69) is 20.9 Å². The summed E-state index contributed by atoms with van der Waals surface area (Å²) in [6, 6.07) is 3.54. The van der Waals surface area contributed by atoms with E-state index in [1.54, 1.807) is 25.3 Å². The second-order valence-electron chi connectivity index (χ2n) is 2.44. The van der Waals surface area contributed by atoms with Gasteiger partial charge in [-0.2, -0.15) is 0 Å². The molecule has 0 amide bonds. The third-order valence-electron chi connectivity index (χ3n) is 1.50. The molecule has 6 heteroatoms. The van der Waals surface area contributed by atoms with Gasteiger partial charge in [-0.1, -0.05) is 6.07 Å². The number of aromatic nitrogens is 1. The smallest absolute Gasteiger partial charge is 0.317 e. The molecule has 2 atom stereocenters. The summed E-state index contributed by atoms with van der Waals surface area (Å²) < 4.78 is 15.8. The predicted molar refractivity (Wildman–Crippen MR) is 52.7 cm³/mol. The van der Waals surface area contributed by atoms with E-state index in [0.717, 1.165) is 10.2 Å². The van der Waals surface area contributed by atoms with Crippen LogP contribution in [-0.4, -0.2) is 9.88 Å². The molecule has 4 nitrogen and oxygen atoms in total. The molecule has 0 aliphatic carbocycles. The Kier molecular flexibility index (Phi) is 4.06. The maximum absolute atomic E-state index is 10.4. The first-order valence-electron chi connectivity index (χ1n) is 3.60. The van der Waals surface area contributed by atoms with Crippen molar-refractivity contribution >= 4 is 24.2 Å².